The number of hydrogen-bond acceptors (Lipinski definition) is 3. The molecule has 16 heavy (non-hydrogen) atoms. The van der Waals surface area contributed by atoms with Gasteiger partial charge in [0.1, 0.15) is 0 Å². The molecule has 0 saturated carbocycles. The van der Waals surface area contributed by atoms with E-state index in [9.17, 15) is 5.11 Å². The maximum Gasteiger partial charge on any atom is 0.0670 e. The van der Waals surface area contributed by atoms with E-state index in [1.54, 1.807) is 11.3 Å². The third kappa shape index (κ3) is 4.08. The number of nitrogens with zero attached hydrogens (tertiary/aromatic N) is 1. The van der Waals surface area contributed by atoms with Crippen LogP contribution in [0, 0.1) is 0 Å². The minimum Gasteiger partial charge on any atom is -0.392 e. The van der Waals surface area contributed by atoms with E-state index in [0.717, 1.165) is 12.8 Å². The first-order chi connectivity index (χ1) is 7.65. The summed E-state index contributed by atoms with van der Waals surface area (Å²) in [6.45, 7) is 6.55. The van der Waals surface area contributed by atoms with Gasteiger partial charge in [-0.15, -0.1) is 17.9 Å². The molecular formula is C13H21NOS. The highest BCUT2D eigenvalue weighted by Gasteiger charge is 2.15. The summed E-state index contributed by atoms with van der Waals surface area (Å²) in [5.41, 5.74) is 0. The van der Waals surface area contributed by atoms with Crippen LogP contribution in [0.3, 0.4) is 0 Å². The molecule has 0 aromatic carbocycles. The molecule has 0 spiro atoms. The van der Waals surface area contributed by atoms with Gasteiger partial charge in [-0.3, -0.25) is 4.90 Å². The Labute approximate surface area is 102 Å². The number of hydrogen-bond donors (Lipinski definition) is 1. The van der Waals surface area contributed by atoms with Gasteiger partial charge in [0.2, 0.25) is 0 Å². The lowest BCUT2D eigenvalue weighted by molar-refractivity contribution is 0.102. The standard InChI is InChI=1S/C13H21NOS/c1-4-5-7-12(15)10-14(3)11(2)13-8-6-9-16-13/h4,6,8-9,11-12,15H,1,5,7,10H2,2-3H3. The van der Waals surface area contributed by atoms with Gasteiger partial charge < -0.3 is 5.11 Å². The number of aliphatic hydroxyl groups excluding tert-OH is 1. The fourth-order valence-electron chi connectivity index (χ4n) is 1.64. The third-order valence-electron chi connectivity index (χ3n) is 2.82. The van der Waals surface area contributed by atoms with E-state index in [1.165, 1.54) is 4.88 Å². The Balaban J connectivity index is 2.39. The zero-order chi connectivity index (χ0) is 12.0. The summed E-state index contributed by atoms with van der Waals surface area (Å²) in [5.74, 6) is 0. The Kier molecular flexibility index (Phi) is 5.74. The molecule has 3 heteroatoms. The van der Waals surface area contributed by atoms with Crippen LogP contribution in [0.25, 0.3) is 0 Å². The van der Waals surface area contributed by atoms with Crippen molar-refractivity contribution in [3.8, 4) is 0 Å². The van der Waals surface area contributed by atoms with Gasteiger partial charge in [-0.05, 0) is 38.3 Å². The van der Waals surface area contributed by atoms with Crippen LogP contribution < -0.4 is 0 Å². The molecule has 2 unspecified atom stereocenters. The Hall–Kier alpha value is -0.640. The van der Waals surface area contributed by atoms with Gasteiger partial charge in [0.05, 0.1) is 6.10 Å². The Bertz CT molecular complexity index is 297. The second kappa shape index (κ2) is 6.84. The van der Waals surface area contributed by atoms with Gasteiger partial charge >= 0.3 is 0 Å². The predicted octanol–water partition coefficient (Wildman–Crippen LogP) is 3.07. The van der Waals surface area contributed by atoms with E-state index < -0.39 is 0 Å². The molecule has 2 atom stereocenters. The van der Waals surface area contributed by atoms with Gasteiger partial charge in [0.15, 0.2) is 0 Å². The molecule has 90 valence electrons. The van der Waals surface area contributed by atoms with Crippen LogP contribution in [0.4, 0.5) is 0 Å². The molecule has 1 N–H and O–H groups in total. The fraction of sp³-hybridized carbons (Fsp3) is 0.538. The highest BCUT2D eigenvalue weighted by Crippen LogP contribution is 2.23. The average molecular weight is 239 g/mol. The van der Waals surface area contributed by atoms with Gasteiger partial charge in [0.25, 0.3) is 0 Å². The van der Waals surface area contributed by atoms with Gasteiger partial charge in [-0.25, -0.2) is 0 Å². The predicted molar refractivity (Wildman–Crippen MR) is 70.8 cm³/mol. The first kappa shape index (κ1) is 13.4. The van der Waals surface area contributed by atoms with Crippen molar-refractivity contribution in [2.45, 2.75) is 31.9 Å². The molecule has 0 saturated heterocycles. The number of thiophene rings is 1. The fourth-order valence-corrected chi connectivity index (χ4v) is 2.49. The highest BCUT2D eigenvalue weighted by atomic mass is 32.1. The summed E-state index contributed by atoms with van der Waals surface area (Å²) < 4.78 is 0. The summed E-state index contributed by atoms with van der Waals surface area (Å²) in [4.78, 5) is 3.54. The lowest BCUT2D eigenvalue weighted by atomic mass is 10.1. The van der Waals surface area contributed by atoms with E-state index in [2.05, 4.69) is 43.0 Å². The minimum atomic E-state index is -0.259. The number of aliphatic hydroxyl groups is 1. The van der Waals surface area contributed by atoms with Crippen molar-refractivity contribution in [1.82, 2.24) is 4.90 Å². The lowest BCUT2D eigenvalue weighted by Crippen LogP contribution is -2.31. The molecule has 0 aliphatic rings. The lowest BCUT2D eigenvalue weighted by Gasteiger charge is -2.26. The Morgan fingerprint density at radius 1 is 1.62 bits per heavy atom. The van der Waals surface area contributed by atoms with Gasteiger partial charge in [-0.1, -0.05) is 12.1 Å². The monoisotopic (exact) mass is 239 g/mol. The van der Waals surface area contributed by atoms with Crippen LogP contribution in [-0.2, 0) is 0 Å². The Morgan fingerprint density at radius 2 is 2.38 bits per heavy atom. The van der Waals surface area contributed by atoms with Crippen molar-refractivity contribution >= 4 is 11.3 Å². The average Bonchev–Trinajstić information content (AvgIpc) is 2.78. The molecule has 0 aliphatic carbocycles. The molecule has 0 aliphatic heterocycles. The molecular weight excluding hydrogens is 218 g/mol. The molecule has 2 nitrogen and oxygen atoms in total. The maximum absolute atomic E-state index is 9.81. The molecule has 1 heterocycles. The molecule has 1 aromatic rings. The van der Waals surface area contributed by atoms with Crippen molar-refractivity contribution in [1.29, 1.82) is 0 Å². The van der Waals surface area contributed by atoms with Gasteiger partial charge in [-0.2, -0.15) is 0 Å². The number of allylic oxidation sites excluding steroid dienone is 1. The van der Waals surface area contributed by atoms with Gasteiger partial charge in [0, 0.05) is 17.5 Å². The largest absolute Gasteiger partial charge is 0.392 e. The topological polar surface area (TPSA) is 23.5 Å². The molecule has 1 aromatic heterocycles. The van der Waals surface area contributed by atoms with Crippen molar-refractivity contribution in [2.75, 3.05) is 13.6 Å². The number of likely N-dealkylation sites (N-methyl/N-ethyl adjacent to an activating group) is 1. The summed E-state index contributed by atoms with van der Waals surface area (Å²) in [7, 11) is 2.06. The molecule has 0 fully saturated rings. The number of rotatable bonds is 7. The van der Waals surface area contributed by atoms with Crippen LogP contribution in [-0.4, -0.2) is 29.7 Å². The molecule has 0 amide bonds. The summed E-state index contributed by atoms with van der Waals surface area (Å²) in [5, 5.41) is 11.9. The zero-order valence-corrected chi connectivity index (χ0v) is 10.9. The normalized spacial score (nSPS) is 15.0. The maximum atomic E-state index is 9.81. The molecule has 0 bridgehead atoms. The second-order valence-corrected chi connectivity index (χ2v) is 5.13. The third-order valence-corrected chi connectivity index (χ3v) is 3.86. The zero-order valence-electron chi connectivity index (χ0n) is 10.1. The van der Waals surface area contributed by atoms with Crippen molar-refractivity contribution < 1.29 is 5.11 Å². The van der Waals surface area contributed by atoms with E-state index in [4.69, 9.17) is 0 Å². The van der Waals surface area contributed by atoms with E-state index >= 15 is 0 Å². The summed E-state index contributed by atoms with van der Waals surface area (Å²) in [6, 6.07) is 4.58. The minimum absolute atomic E-state index is 0.259. The second-order valence-electron chi connectivity index (χ2n) is 4.15. The first-order valence-corrected chi connectivity index (χ1v) is 6.55. The molecule has 1 rings (SSSR count). The van der Waals surface area contributed by atoms with Crippen LogP contribution in [0.5, 0.6) is 0 Å². The van der Waals surface area contributed by atoms with Crippen LogP contribution in [0.1, 0.15) is 30.7 Å². The molecule has 0 radical (unpaired) electrons. The first-order valence-electron chi connectivity index (χ1n) is 5.67. The van der Waals surface area contributed by atoms with E-state index in [1.807, 2.05) is 6.08 Å². The van der Waals surface area contributed by atoms with Crippen LogP contribution in [0.15, 0.2) is 30.2 Å². The smallest absolute Gasteiger partial charge is 0.0670 e. The summed E-state index contributed by atoms with van der Waals surface area (Å²) in [6.07, 6.45) is 3.27. The SMILES string of the molecule is C=CCCC(O)CN(C)C(C)c1cccs1. The van der Waals surface area contributed by atoms with E-state index in [-0.39, 0.29) is 6.10 Å². The van der Waals surface area contributed by atoms with Crippen LogP contribution in [0.2, 0.25) is 0 Å². The highest BCUT2D eigenvalue weighted by molar-refractivity contribution is 7.10. The van der Waals surface area contributed by atoms with Crippen molar-refractivity contribution in [3.63, 3.8) is 0 Å². The van der Waals surface area contributed by atoms with Crippen molar-refractivity contribution in [3.05, 3.63) is 35.0 Å². The van der Waals surface area contributed by atoms with Crippen molar-refractivity contribution in [2.24, 2.45) is 0 Å². The Morgan fingerprint density at radius 3 is 2.94 bits per heavy atom. The quantitative estimate of drug-likeness (QED) is 0.739. The van der Waals surface area contributed by atoms with Crippen LogP contribution >= 0.6 is 11.3 Å². The summed E-state index contributed by atoms with van der Waals surface area (Å²) >= 11 is 1.76. The van der Waals surface area contributed by atoms with E-state index in [0.29, 0.717) is 12.6 Å².